The fraction of sp³-hybridized carbons (Fsp3) is 0.417. The Morgan fingerprint density at radius 1 is 1.59 bits per heavy atom. The number of anilines is 1. The summed E-state index contributed by atoms with van der Waals surface area (Å²) in [4.78, 5) is 11.6. The predicted molar refractivity (Wildman–Crippen MR) is 64.2 cm³/mol. The summed E-state index contributed by atoms with van der Waals surface area (Å²) in [5.74, 6) is -1.56. The average molecular weight is 240 g/mol. The van der Waals surface area contributed by atoms with Crippen LogP contribution in [-0.2, 0) is 4.79 Å². The van der Waals surface area contributed by atoms with Crippen LogP contribution in [0.25, 0.3) is 0 Å². The Labute approximate surface area is 99.6 Å². The third kappa shape index (κ3) is 4.03. The normalized spacial score (nSPS) is 12.2. The summed E-state index contributed by atoms with van der Waals surface area (Å²) in [6.45, 7) is 2.01. The number of amides is 1. The standard InChI is InChI=1S/C12H17FN2O2/c1-2-3-4-10(14)12(17)15-8-5-6-11(16)9(13)7-8/h5-7,10,16H,2-4,14H2,1H3,(H,15,17). The van der Waals surface area contributed by atoms with Crippen molar-refractivity contribution in [2.45, 2.75) is 32.2 Å². The van der Waals surface area contributed by atoms with Crippen molar-refractivity contribution >= 4 is 11.6 Å². The Bertz CT molecular complexity index is 396. The second-order valence-corrected chi connectivity index (χ2v) is 3.90. The molecule has 0 aliphatic rings. The number of aromatic hydroxyl groups is 1. The lowest BCUT2D eigenvalue weighted by Crippen LogP contribution is -2.35. The van der Waals surface area contributed by atoms with Gasteiger partial charge in [0.25, 0.3) is 0 Å². The maximum atomic E-state index is 13.0. The second-order valence-electron chi connectivity index (χ2n) is 3.90. The van der Waals surface area contributed by atoms with Crippen molar-refractivity contribution in [1.29, 1.82) is 0 Å². The first-order chi connectivity index (χ1) is 8.04. The zero-order chi connectivity index (χ0) is 12.8. The van der Waals surface area contributed by atoms with E-state index in [4.69, 9.17) is 10.8 Å². The van der Waals surface area contributed by atoms with E-state index in [1.54, 1.807) is 0 Å². The second kappa shape index (κ2) is 6.20. The van der Waals surface area contributed by atoms with E-state index in [1.165, 1.54) is 12.1 Å². The smallest absolute Gasteiger partial charge is 0.241 e. The van der Waals surface area contributed by atoms with Crippen LogP contribution in [0.5, 0.6) is 5.75 Å². The van der Waals surface area contributed by atoms with Crippen LogP contribution in [0.1, 0.15) is 26.2 Å². The van der Waals surface area contributed by atoms with Crippen LogP contribution >= 0.6 is 0 Å². The number of unbranched alkanes of at least 4 members (excludes halogenated alkanes) is 1. The van der Waals surface area contributed by atoms with Gasteiger partial charge >= 0.3 is 0 Å². The van der Waals surface area contributed by atoms with Crippen molar-refractivity contribution in [1.82, 2.24) is 0 Å². The van der Waals surface area contributed by atoms with Crippen LogP contribution in [0, 0.1) is 5.82 Å². The Morgan fingerprint density at radius 3 is 2.88 bits per heavy atom. The largest absolute Gasteiger partial charge is 0.505 e. The zero-order valence-electron chi connectivity index (χ0n) is 9.74. The van der Waals surface area contributed by atoms with E-state index in [0.29, 0.717) is 6.42 Å². The monoisotopic (exact) mass is 240 g/mol. The van der Waals surface area contributed by atoms with Crippen molar-refractivity contribution < 1.29 is 14.3 Å². The van der Waals surface area contributed by atoms with Gasteiger partial charge in [-0.2, -0.15) is 0 Å². The van der Waals surface area contributed by atoms with Crippen molar-refractivity contribution in [3.05, 3.63) is 24.0 Å². The number of carbonyl (C=O) groups is 1. The molecule has 0 saturated heterocycles. The Balaban J connectivity index is 2.58. The van der Waals surface area contributed by atoms with Gasteiger partial charge in [0, 0.05) is 11.8 Å². The molecular formula is C12H17FN2O2. The first kappa shape index (κ1) is 13.4. The molecule has 0 heterocycles. The number of hydrogen-bond donors (Lipinski definition) is 3. The molecule has 4 nitrogen and oxygen atoms in total. The number of benzene rings is 1. The Morgan fingerprint density at radius 2 is 2.29 bits per heavy atom. The third-order valence-electron chi connectivity index (χ3n) is 2.42. The SMILES string of the molecule is CCCCC(N)C(=O)Nc1ccc(O)c(F)c1. The van der Waals surface area contributed by atoms with E-state index in [2.05, 4.69) is 5.32 Å². The third-order valence-corrected chi connectivity index (χ3v) is 2.42. The topological polar surface area (TPSA) is 75.4 Å². The predicted octanol–water partition coefficient (Wildman–Crippen LogP) is 1.99. The molecule has 1 unspecified atom stereocenters. The van der Waals surface area contributed by atoms with E-state index in [0.717, 1.165) is 18.9 Å². The summed E-state index contributed by atoms with van der Waals surface area (Å²) in [5.41, 5.74) is 5.95. The maximum Gasteiger partial charge on any atom is 0.241 e. The van der Waals surface area contributed by atoms with Crippen molar-refractivity contribution in [3.8, 4) is 5.75 Å². The van der Waals surface area contributed by atoms with E-state index in [9.17, 15) is 9.18 Å². The van der Waals surface area contributed by atoms with Gasteiger partial charge in [-0.15, -0.1) is 0 Å². The van der Waals surface area contributed by atoms with Gasteiger partial charge in [0.2, 0.25) is 5.91 Å². The summed E-state index contributed by atoms with van der Waals surface area (Å²) in [6.07, 6.45) is 2.44. The molecule has 4 N–H and O–H groups in total. The van der Waals surface area contributed by atoms with Crippen molar-refractivity contribution in [2.75, 3.05) is 5.32 Å². The van der Waals surface area contributed by atoms with Gasteiger partial charge < -0.3 is 16.2 Å². The molecule has 94 valence electrons. The molecule has 17 heavy (non-hydrogen) atoms. The number of halogens is 1. The number of hydrogen-bond acceptors (Lipinski definition) is 3. The summed E-state index contributed by atoms with van der Waals surface area (Å²) in [5, 5.41) is 11.5. The van der Waals surface area contributed by atoms with Gasteiger partial charge in [-0.3, -0.25) is 4.79 Å². The first-order valence-electron chi connectivity index (χ1n) is 5.59. The molecule has 0 bridgehead atoms. The minimum Gasteiger partial charge on any atom is -0.505 e. The van der Waals surface area contributed by atoms with Gasteiger partial charge in [0.05, 0.1) is 6.04 Å². The molecule has 1 aromatic carbocycles. The van der Waals surface area contributed by atoms with Gasteiger partial charge in [-0.05, 0) is 18.6 Å². The number of rotatable bonds is 5. The minimum atomic E-state index is -0.773. The molecule has 5 heteroatoms. The molecule has 0 aromatic heterocycles. The quantitative estimate of drug-likeness (QED) is 0.689. The minimum absolute atomic E-state index is 0.289. The van der Waals surface area contributed by atoms with E-state index >= 15 is 0 Å². The van der Waals surface area contributed by atoms with Crippen LogP contribution in [0.2, 0.25) is 0 Å². The first-order valence-corrected chi connectivity index (χ1v) is 5.59. The highest BCUT2D eigenvalue weighted by Crippen LogP contribution is 2.19. The van der Waals surface area contributed by atoms with Crippen LogP contribution in [-0.4, -0.2) is 17.1 Å². The summed E-state index contributed by atoms with van der Waals surface area (Å²) < 4.78 is 13.0. The Hall–Kier alpha value is -1.62. The molecule has 0 fully saturated rings. The lowest BCUT2D eigenvalue weighted by Gasteiger charge is -2.11. The number of phenolic OH excluding ortho intramolecular Hbond substituents is 1. The molecule has 0 spiro atoms. The molecule has 1 rings (SSSR count). The van der Waals surface area contributed by atoms with Gasteiger partial charge in [0.15, 0.2) is 11.6 Å². The molecular weight excluding hydrogens is 223 g/mol. The van der Waals surface area contributed by atoms with Crippen molar-refractivity contribution in [2.24, 2.45) is 5.73 Å². The molecule has 1 aromatic rings. The van der Waals surface area contributed by atoms with E-state index in [-0.39, 0.29) is 11.6 Å². The van der Waals surface area contributed by atoms with Crippen LogP contribution in [0.4, 0.5) is 10.1 Å². The molecule has 1 atom stereocenters. The number of carbonyl (C=O) groups excluding carboxylic acids is 1. The maximum absolute atomic E-state index is 13.0. The molecule has 0 radical (unpaired) electrons. The fourth-order valence-corrected chi connectivity index (χ4v) is 1.37. The summed E-state index contributed by atoms with van der Waals surface area (Å²) in [6, 6.07) is 3.07. The van der Waals surface area contributed by atoms with E-state index in [1.807, 2.05) is 6.92 Å². The molecule has 0 saturated carbocycles. The fourth-order valence-electron chi connectivity index (χ4n) is 1.37. The molecule has 0 aliphatic carbocycles. The van der Waals surface area contributed by atoms with Crippen LogP contribution in [0.15, 0.2) is 18.2 Å². The molecule has 1 amide bonds. The summed E-state index contributed by atoms with van der Waals surface area (Å²) in [7, 11) is 0. The highest BCUT2D eigenvalue weighted by atomic mass is 19.1. The highest BCUT2D eigenvalue weighted by Gasteiger charge is 2.13. The Kier molecular flexibility index (Phi) is 4.90. The molecule has 0 aliphatic heterocycles. The van der Waals surface area contributed by atoms with E-state index < -0.39 is 17.6 Å². The van der Waals surface area contributed by atoms with Crippen molar-refractivity contribution in [3.63, 3.8) is 0 Å². The number of nitrogens with two attached hydrogens (primary N) is 1. The average Bonchev–Trinajstić information content (AvgIpc) is 2.30. The van der Waals surface area contributed by atoms with Gasteiger partial charge in [0.1, 0.15) is 0 Å². The zero-order valence-corrected chi connectivity index (χ0v) is 9.74. The van der Waals surface area contributed by atoms with Gasteiger partial charge in [-0.25, -0.2) is 4.39 Å². The van der Waals surface area contributed by atoms with Gasteiger partial charge in [-0.1, -0.05) is 19.8 Å². The lowest BCUT2D eigenvalue weighted by atomic mass is 10.1. The van der Waals surface area contributed by atoms with Crippen LogP contribution in [0.3, 0.4) is 0 Å². The summed E-state index contributed by atoms with van der Waals surface area (Å²) >= 11 is 0. The number of nitrogens with one attached hydrogen (secondary N) is 1. The highest BCUT2D eigenvalue weighted by molar-refractivity contribution is 5.94. The van der Waals surface area contributed by atoms with Crippen LogP contribution < -0.4 is 11.1 Å². The number of phenols is 1. The lowest BCUT2D eigenvalue weighted by molar-refractivity contribution is -0.117.